The molecule has 5 rings (SSSR count). The summed E-state index contributed by atoms with van der Waals surface area (Å²) in [5.74, 6) is 0.406. The number of nitrogens with one attached hydrogen (secondary N) is 3. The average molecular weight is 451 g/mol. The third-order valence-electron chi connectivity index (χ3n) is 7.45. The Balaban J connectivity index is 1.07. The molecule has 0 radical (unpaired) electrons. The number of nitrogens with zero attached hydrogens (tertiary/aromatic N) is 3. The lowest BCUT2D eigenvalue weighted by Gasteiger charge is -2.50. The Labute approximate surface area is 195 Å². The van der Waals surface area contributed by atoms with Gasteiger partial charge in [0.05, 0.1) is 6.10 Å². The van der Waals surface area contributed by atoms with Crippen LogP contribution in [0.25, 0.3) is 0 Å². The Hall–Kier alpha value is -2.55. The molecule has 1 atom stereocenters. The molecule has 2 fully saturated rings. The third kappa shape index (κ3) is 5.34. The number of benzene rings is 1. The summed E-state index contributed by atoms with van der Waals surface area (Å²) in [7, 11) is 0. The third-order valence-corrected chi connectivity index (χ3v) is 7.45. The van der Waals surface area contributed by atoms with Crippen LogP contribution in [-0.2, 0) is 13.0 Å². The van der Waals surface area contributed by atoms with Crippen LogP contribution in [0.15, 0.2) is 36.7 Å². The van der Waals surface area contributed by atoms with Gasteiger partial charge in [-0.25, -0.2) is 9.97 Å². The van der Waals surface area contributed by atoms with Gasteiger partial charge < -0.3 is 21.1 Å². The highest BCUT2D eigenvalue weighted by Crippen LogP contribution is 2.48. The largest absolute Gasteiger partial charge is 0.390 e. The van der Waals surface area contributed by atoms with E-state index in [0.29, 0.717) is 29.5 Å². The lowest BCUT2D eigenvalue weighted by molar-refractivity contribution is 0.0716. The topological polar surface area (TPSA) is 102 Å². The molecule has 1 aromatic carbocycles. The van der Waals surface area contributed by atoms with E-state index in [-0.39, 0.29) is 12.5 Å². The van der Waals surface area contributed by atoms with Gasteiger partial charge in [-0.2, -0.15) is 0 Å². The van der Waals surface area contributed by atoms with Gasteiger partial charge in [0.25, 0.3) is 5.91 Å². The first kappa shape index (κ1) is 22.3. The molecule has 1 spiro atoms. The molecule has 8 heteroatoms. The van der Waals surface area contributed by atoms with E-state index in [2.05, 4.69) is 55.1 Å². The number of hydrogen-bond donors (Lipinski definition) is 4. The second-order valence-corrected chi connectivity index (χ2v) is 9.91. The van der Waals surface area contributed by atoms with E-state index >= 15 is 0 Å². The van der Waals surface area contributed by atoms with Crippen molar-refractivity contribution in [1.82, 2.24) is 25.5 Å². The van der Waals surface area contributed by atoms with Gasteiger partial charge in [0.2, 0.25) is 0 Å². The highest BCUT2D eigenvalue weighted by Gasteiger charge is 2.44. The van der Waals surface area contributed by atoms with Gasteiger partial charge in [0.15, 0.2) is 0 Å². The van der Waals surface area contributed by atoms with Crippen molar-refractivity contribution in [2.45, 2.75) is 50.8 Å². The summed E-state index contributed by atoms with van der Waals surface area (Å²) >= 11 is 0. The molecule has 33 heavy (non-hydrogen) atoms. The first-order valence-electron chi connectivity index (χ1n) is 12.1. The number of aliphatic hydroxyl groups excluding tert-OH is 1. The predicted octanol–water partition coefficient (Wildman–Crippen LogP) is 1.57. The van der Waals surface area contributed by atoms with E-state index < -0.39 is 6.10 Å². The van der Waals surface area contributed by atoms with Crippen LogP contribution in [0.3, 0.4) is 0 Å². The van der Waals surface area contributed by atoms with Crippen LogP contribution in [0.5, 0.6) is 0 Å². The van der Waals surface area contributed by atoms with Crippen molar-refractivity contribution >= 4 is 11.7 Å². The van der Waals surface area contributed by atoms with Crippen molar-refractivity contribution in [2.24, 2.45) is 5.41 Å². The van der Waals surface area contributed by atoms with Crippen molar-refractivity contribution in [3.05, 3.63) is 53.5 Å². The number of aliphatic hydroxyl groups is 1. The maximum absolute atomic E-state index is 12.6. The zero-order valence-corrected chi connectivity index (χ0v) is 19.1. The Bertz CT molecular complexity index is 969. The highest BCUT2D eigenvalue weighted by molar-refractivity contribution is 5.92. The van der Waals surface area contributed by atoms with Gasteiger partial charge in [-0.15, -0.1) is 0 Å². The maximum Gasteiger partial charge on any atom is 0.270 e. The number of amides is 1. The van der Waals surface area contributed by atoms with Gasteiger partial charge >= 0.3 is 0 Å². The fraction of sp³-hybridized carbons (Fsp3) is 0.560. The van der Waals surface area contributed by atoms with E-state index in [1.54, 1.807) is 6.07 Å². The minimum Gasteiger partial charge on any atom is -0.390 e. The lowest BCUT2D eigenvalue weighted by Crippen LogP contribution is -2.50. The van der Waals surface area contributed by atoms with Crippen LogP contribution in [0.4, 0.5) is 5.82 Å². The molecule has 1 amide bonds. The number of rotatable bonds is 7. The Kier molecular flexibility index (Phi) is 6.57. The van der Waals surface area contributed by atoms with Gasteiger partial charge in [0.1, 0.15) is 17.8 Å². The fourth-order valence-corrected chi connectivity index (χ4v) is 5.60. The molecule has 1 saturated carbocycles. The van der Waals surface area contributed by atoms with Crippen LogP contribution >= 0.6 is 0 Å². The first-order valence-corrected chi connectivity index (χ1v) is 12.1. The van der Waals surface area contributed by atoms with Crippen molar-refractivity contribution in [2.75, 3.05) is 38.0 Å². The second-order valence-electron chi connectivity index (χ2n) is 9.91. The van der Waals surface area contributed by atoms with Crippen LogP contribution in [0.1, 0.15) is 47.3 Å². The van der Waals surface area contributed by atoms with Crippen LogP contribution in [0, 0.1) is 5.41 Å². The minimum absolute atomic E-state index is 0.197. The number of aromatic nitrogens is 2. The standard InChI is InChI=1S/C25H34N6O2/c32-21(16-31-10-5-18-3-1-2-4-19(18)15-31)14-27-24(33)22-11-23(29-17-28-22)30-20-12-25(13-20)6-8-26-9-7-25/h1-4,11,17,20-21,26,32H,5-10,12-16H2,(H,27,33)(H,28,29,30)/t21-/m0/s1. The fourth-order valence-electron chi connectivity index (χ4n) is 5.60. The number of hydrogen-bond acceptors (Lipinski definition) is 7. The normalized spacial score (nSPS) is 21.1. The first-order chi connectivity index (χ1) is 16.1. The van der Waals surface area contributed by atoms with Crippen molar-refractivity contribution in [3.63, 3.8) is 0 Å². The van der Waals surface area contributed by atoms with E-state index in [1.165, 1.54) is 30.3 Å². The summed E-state index contributed by atoms with van der Waals surface area (Å²) in [6, 6.07) is 10.6. The molecule has 1 aromatic heterocycles. The molecule has 8 nitrogen and oxygen atoms in total. The average Bonchev–Trinajstić information content (AvgIpc) is 2.82. The number of fused-ring (bicyclic) bond motifs is 1. The molecular formula is C25H34N6O2. The van der Waals surface area contributed by atoms with Crippen molar-refractivity contribution in [3.8, 4) is 0 Å². The van der Waals surface area contributed by atoms with Crippen molar-refractivity contribution < 1.29 is 9.90 Å². The van der Waals surface area contributed by atoms with E-state index in [0.717, 1.165) is 45.4 Å². The summed E-state index contributed by atoms with van der Waals surface area (Å²) in [5.41, 5.74) is 3.52. The summed E-state index contributed by atoms with van der Waals surface area (Å²) in [5, 5.41) is 20.2. The van der Waals surface area contributed by atoms with Crippen LogP contribution in [-0.4, -0.2) is 70.8 Å². The van der Waals surface area contributed by atoms with Gasteiger partial charge in [0, 0.05) is 38.3 Å². The summed E-state index contributed by atoms with van der Waals surface area (Å²) < 4.78 is 0. The highest BCUT2D eigenvalue weighted by atomic mass is 16.3. The zero-order chi connectivity index (χ0) is 22.7. The summed E-state index contributed by atoms with van der Waals surface area (Å²) in [6.07, 6.45) is 6.60. The number of carbonyl (C=O) groups is 1. The zero-order valence-electron chi connectivity index (χ0n) is 19.1. The van der Waals surface area contributed by atoms with Crippen LogP contribution < -0.4 is 16.0 Å². The summed E-state index contributed by atoms with van der Waals surface area (Å²) in [6.45, 7) is 4.71. The molecule has 2 aliphatic heterocycles. The smallest absolute Gasteiger partial charge is 0.270 e. The molecule has 2 aromatic rings. The summed E-state index contributed by atoms with van der Waals surface area (Å²) in [4.78, 5) is 23.3. The number of anilines is 1. The molecule has 4 N–H and O–H groups in total. The minimum atomic E-state index is -0.630. The van der Waals surface area contributed by atoms with Crippen LogP contribution in [0.2, 0.25) is 0 Å². The Morgan fingerprint density at radius 2 is 2.00 bits per heavy atom. The SMILES string of the molecule is O=C(NC[C@H](O)CN1CCc2ccccc2C1)c1cc(NC2CC3(CCNCC3)C2)ncn1. The quantitative estimate of drug-likeness (QED) is 0.508. The Morgan fingerprint density at radius 3 is 2.82 bits per heavy atom. The second kappa shape index (κ2) is 9.75. The van der Waals surface area contributed by atoms with Gasteiger partial charge in [-0.1, -0.05) is 24.3 Å². The number of β-amino-alcohol motifs (C(OH)–C–C–N with tert-alkyl or cyclic N) is 1. The number of piperidine rings is 1. The Morgan fingerprint density at radius 1 is 1.21 bits per heavy atom. The molecule has 1 aliphatic carbocycles. The number of carbonyl (C=O) groups excluding carboxylic acids is 1. The lowest BCUT2D eigenvalue weighted by atomic mass is 9.60. The molecule has 0 bridgehead atoms. The molecule has 3 heterocycles. The van der Waals surface area contributed by atoms with E-state index in [9.17, 15) is 9.90 Å². The van der Waals surface area contributed by atoms with Crippen molar-refractivity contribution in [1.29, 1.82) is 0 Å². The van der Waals surface area contributed by atoms with Gasteiger partial charge in [-0.3, -0.25) is 9.69 Å². The molecular weight excluding hydrogens is 416 g/mol. The van der Waals surface area contributed by atoms with Gasteiger partial charge in [-0.05, 0) is 61.7 Å². The van der Waals surface area contributed by atoms with E-state index in [4.69, 9.17) is 0 Å². The molecule has 176 valence electrons. The van der Waals surface area contributed by atoms with E-state index in [1.807, 2.05) is 0 Å². The maximum atomic E-state index is 12.6. The molecule has 3 aliphatic rings. The predicted molar refractivity (Wildman–Crippen MR) is 127 cm³/mol. The molecule has 0 unspecified atom stereocenters. The molecule has 1 saturated heterocycles. The monoisotopic (exact) mass is 450 g/mol.